The van der Waals surface area contributed by atoms with Gasteiger partial charge >= 0.3 is 5.69 Å². The van der Waals surface area contributed by atoms with E-state index in [1.165, 1.54) is 23.4 Å². The average molecular weight is 327 g/mol. The van der Waals surface area contributed by atoms with Gasteiger partial charge in [0.05, 0.1) is 0 Å². The van der Waals surface area contributed by atoms with Gasteiger partial charge in [-0.25, -0.2) is 4.79 Å². The Bertz CT molecular complexity index is 896. The second-order valence-electron chi connectivity index (χ2n) is 7.10. The second-order valence-corrected chi connectivity index (χ2v) is 7.10. The molecule has 24 heavy (non-hydrogen) atoms. The van der Waals surface area contributed by atoms with E-state index in [-0.39, 0.29) is 16.4 Å². The molecule has 1 aromatic heterocycles. The van der Waals surface area contributed by atoms with Crippen LogP contribution in [0.3, 0.4) is 0 Å². The predicted molar refractivity (Wildman–Crippen MR) is 91.2 cm³/mol. The van der Waals surface area contributed by atoms with Crippen molar-refractivity contribution in [3.8, 4) is 0 Å². The van der Waals surface area contributed by atoms with E-state index in [0.717, 1.165) is 6.42 Å². The lowest BCUT2D eigenvalue weighted by Crippen LogP contribution is -2.39. The molecule has 6 heteroatoms. The van der Waals surface area contributed by atoms with Crippen molar-refractivity contribution in [3.63, 3.8) is 0 Å². The Morgan fingerprint density at radius 3 is 2.46 bits per heavy atom. The highest BCUT2D eigenvalue weighted by molar-refractivity contribution is 5.93. The van der Waals surface area contributed by atoms with E-state index in [1.807, 2.05) is 18.2 Å². The summed E-state index contributed by atoms with van der Waals surface area (Å²) in [5.74, 6) is -0.468. The molecule has 1 heterocycles. The summed E-state index contributed by atoms with van der Waals surface area (Å²) in [5.41, 5.74) is -0.127. The third kappa shape index (κ3) is 2.58. The SMILES string of the molecule is Cn1cc(C(=O)NC[C@@]2(c3ccccc3)CC2(C)C)c(=O)[nH]c1=O. The van der Waals surface area contributed by atoms with Crippen LogP contribution in [0.15, 0.2) is 46.1 Å². The zero-order valence-corrected chi connectivity index (χ0v) is 14.1. The van der Waals surface area contributed by atoms with Crippen molar-refractivity contribution in [1.29, 1.82) is 0 Å². The van der Waals surface area contributed by atoms with Gasteiger partial charge in [0.15, 0.2) is 0 Å². The molecule has 126 valence electrons. The molecule has 0 aliphatic heterocycles. The molecule has 6 nitrogen and oxygen atoms in total. The molecule has 1 fully saturated rings. The Balaban J connectivity index is 1.82. The van der Waals surface area contributed by atoms with Crippen LogP contribution in [-0.4, -0.2) is 22.0 Å². The number of nitrogens with one attached hydrogen (secondary N) is 2. The number of H-pyrrole nitrogens is 1. The third-order valence-corrected chi connectivity index (χ3v) is 5.14. The Kier molecular flexibility index (Phi) is 3.70. The van der Waals surface area contributed by atoms with Gasteiger partial charge in [-0.15, -0.1) is 0 Å². The first-order valence-corrected chi connectivity index (χ1v) is 7.90. The smallest absolute Gasteiger partial charge is 0.328 e. The largest absolute Gasteiger partial charge is 0.351 e. The Labute approximate surface area is 139 Å². The summed E-state index contributed by atoms with van der Waals surface area (Å²) in [6, 6.07) is 10.1. The second kappa shape index (κ2) is 5.47. The van der Waals surface area contributed by atoms with Crippen molar-refractivity contribution in [2.75, 3.05) is 6.54 Å². The summed E-state index contributed by atoms with van der Waals surface area (Å²) in [4.78, 5) is 37.8. The molecule has 1 atom stereocenters. The van der Waals surface area contributed by atoms with Crippen LogP contribution in [0.5, 0.6) is 0 Å². The van der Waals surface area contributed by atoms with Gasteiger partial charge in [-0.3, -0.25) is 14.6 Å². The fraction of sp³-hybridized carbons (Fsp3) is 0.389. The minimum absolute atomic E-state index is 0.0567. The van der Waals surface area contributed by atoms with Crippen LogP contribution in [0.25, 0.3) is 0 Å². The molecule has 1 amide bonds. The van der Waals surface area contributed by atoms with E-state index in [1.54, 1.807) is 0 Å². The molecule has 1 saturated carbocycles. The number of hydrogen-bond donors (Lipinski definition) is 2. The maximum Gasteiger partial charge on any atom is 0.328 e. The Hall–Kier alpha value is -2.63. The minimum Gasteiger partial charge on any atom is -0.351 e. The molecule has 1 aromatic carbocycles. The number of aryl methyl sites for hydroxylation is 1. The monoisotopic (exact) mass is 327 g/mol. The van der Waals surface area contributed by atoms with Gasteiger partial charge in [0, 0.05) is 25.2 Å². The maximum absolute atomic E-state index is 12.4. The van der Waals surface area contributed by atoms with Gasteiger partial charge in [0.2, 0.25) is 0 Å². The molecule has 2 N–H and O–H groups in total. The quantitative estimate of drug-likeness (QED) is 0.884. The summed E-state index contributed by atoms with van der Waals surface area (Å²) >= 11 is 0. The van der Waals surface area contributed by atoms with Gasteiger partial charge in [0.1, 0.15) is 5.56 Å². The van der Waals surface area contributed by atoms with Gasteiger partial charge in [-0.05, 0) is 17.4 Å². The first-order chi connectivity index (χ1) is 11.3. The number of hydrogen-bond acceptors (Lipinski definition) is 3. The van der Waals surface area contributed by atoms with Crippen molar-refractivity contribution >= 4 is 5.91 Å². The first kappa shape index (κ1) is 16.2. The molecule has 1 aliphatic rings. The van der Waals surface area contributed by atoms with Crippen LogP contribution in [0.4, 0.5) is 0 Å². The van der Waals surface area contributed by atoms with Crippen molar-refractivity contribution in [2.45, 2.75) is 25.7 Å². The number of benzene rings is 1. The number of rotatable bonds is 4. The predicted octanol–water partition coefficient (Wildman–Crippen LogP) is 1.17. The molecule has 0 saturated heterocycles. The molecule has 1 aliphatic carbocycles. The van der Waals surface area contributed by atoms with Crippen LogP contribution in [0, 0.1) is 5.41 Å². The molecule has 0 radical (unpaired) electrons. The van der Waals surface area contributed by atoms with Crippen LogP contribution in [0.2, 0.25) is 0 Å². The van der Waals surface area contributed by atoms with Gasteiger partial charge in [-0.1, -0.05) is 44.2 Å². The van der Waals surface area contributed by atoms with Gasteiger partial charge < -0.3 is 9.88 Å². The summed E-state index contributed by atoms with van der Waals surface area (Å²) in [6.07, 6.45) is 2.23. The summed E-state index contributed by atoms with van der Waals surface area (Å²) < 4.78 is 1.18. The Morgan fingerprint density at radius 2 is 1.88 bits per heavy atom. The fourth-order valence-corrected chi connectivity index (χ4v) is 3.42. The lowest BCUT2D eigenvalue weighted by atomic mass is 9.88. The highest BCUT2D eigenvalue weighted by Gasteiger charge is 2.61. The molecular formula is C18H21N3O3. The number of amides is 1. The number of carbonyl (C=O) groups excluding carboxylic acids is 1. The molecule has 0 unspecified atom stereocenters. The lowest BCUT2D eigenvalue weighted by molar-refractivity contribution is 0.0945. The molecular weight excluding hydrogens is 306 g/mol. The van der Waals surface area contributed by atoms with E-state index >= 15 is 0 Å². The highest BCUT2D eigenvalue weighted by atomic mass is 16.2. The van der Waals surface area contributed by atoms with E-state index < -0.39 is 17.2 Å². The third-order valence-electron chi connectivity index (χ3n) is 5.14. The first-order valence-electron chi connectivity index (χ1n) is 7.90. The van der Waals surface area contributed by atoms with Gasteiger partial charge in [-0.2, -0.15) is 0 Å². The average Bonchev–Trinajstić information content (AvgIpc) is 3.12. The van der Waals surface area contributed by atoms with Crippen LogP contribution < -0.4 is 16.6 Å². The van der Waals surface area contributed by atoms with E-state index in [4.69, 9.17) is 0 Å². The number of nitrogens with zero attached hydrogens (tertiary/aromatic N) is 1. The fourth-order valence-electron chi connectivity index (χ4n) is 3.42. The zero-order valence-electron chi connectivity index (χ0n) is 14.1. The van der Waals surface area contributed by atoms with Crippen LogP contribution in [0.1, 0.15) is 36.2 Å². The topological polar surface area (TPSA) is 84.0 Å². The summed E-state index contributed by atoms with van der Waals surface area (Å²) in [5, 5.41) is 2.87. The number of carbonyl (C=O) groups is 1. The molecule has 0 spiro atoms. The number of aromatic amines is 1. The highest BCUT2D eigenvalue weighted by Crippen LogP contribution is 2.63. The van der Waals surface area contributed by atoms with Crippen molar-refractivity contribution in [3.05, 3.63) is 68.5 Å². The molecule has 2 aromatic rings. The molecule has 0 bridgehead atoms. The van der Waals surface area contributed by atoms with Gasteiger partial charge in [0.25, 0.3) is 11.5 Å². The maximum atomic E-state index is 12.4. The Morgan fingerprint density at radius 1 is 1.25 bits per heavy atom. The zero-order chi connectivity index (χ0) is 17.5. The summed E-state index contributed by atoms with van der Waals surface area (Å²) in [7, 11) is 1.49. The van der Waals surface area contributed by atoms with E-state index in [9.17, 15) is 14.4 Å². The van der Waals surface area contributed by atoms with E-state index in [0.29, 0.717) is 6.54 Å². The molecule has 3 rings (SSSR count). The minimum atomic E-state index is -0.667. The number of aromatic nitrogens is 2. The van der Waals surface area contributed by atoms with Crippen LogP contribution >= 0.6 is 0 Å². The van der Waals surface area contributed by atoms with Crippen LogP contribution in [-0.2, 0) is 12.5 Å². The van der Waals surface area contributed by atoms with Crippen molar-refractivity contribution in [2.24, 2.45) is 12.5 Å². The normalized spacial score (nSPS) is 21.3. The van der Waals surface area contributed by atoms with Crippen molar-refractivity contribution < 1.29 is 4.79 Å². The van der Waals surface area contributed by atoms with Crippen molar-refractivity contribution in [1.82, 2.24) is 14.9 Å². The summed E-state index contributed by atoms with van der Waals surface area (Å²) in [6.45, 7) is 4.79. The lowest BCUT2D eigenvalue weighted by Gasteiger charge is -2.22. The standard InChI is InChI=1S/C18H21N3O3/c1-17(2)10-18(17,12-7-5-4-6-8-12)11-19-14(22)13-9-21(3)16(24)20-15(13)23/h4-9H,10-11H2,1-3H3,(H,19,22)(H,20,23,24)/t18-/m1/s1. The van der Waals surface area contributed by atoms with E-state index in [2.05, 4.69) is 36.3 Å².